The van der Waals surface area contributed by atoms with Crippen molar-refractivity contribution in [1.82, 2.24) is 34.7 Å². The van der Waals surface area contributed by atoms with Gasteiger partial charge in [-0.05, 0) is 42.7 Å². The first kappa shape index (κ1) is 21.8. The standard InChI is InChI=1S/C25H24FN7O2/c1-3-32-14-27-24-19(11-28-30-25(24)32)15-4-6-21(26)18(10-15)17-5-7-22-23(20(17)13-34-2)29-31-33(22)16-8-9-35-12-16/h4-7,10-11,14,16H,3,8-9,12-13H2,1-2H3. The Labute approximate surface area is 200 Å². The minimum absolute atomic E-state index is 0.144. The van der Waals surface area contributed by atoms with Gasteiger partial charge in [-0.2, -0.15) is 5.10 Å². The second-order valence-corrected chi connectivity index (χ2v) is 8.60. The Morgan fingerprint density at radius 3 is 2.83 bits per heavy atom. The molecule has 0 radical (unpaired) electrons. The Morgan fingerprint density at radius 1 is 1.11 bits per heavy atom. The van der Waals surface area contributed by atoms with E-state index in [0.29, 0.717) is 35.5 Å². The van der Waals surface area contributed by atoms with Gasteiger partial charge in [-0.15, -0.1) is 10.2 Å². The Hall–Kier alpha value is -3.76. The molecule has 9 nitrogen and oxygen atoms in total. The molecule has 0 spiro atoms. The lowest BCUT2D eigenvalue weighted by Gasteiger charge is -2.14. The molecule has 0 aliphatic carbocycles. The molecule has 35 heavy (non-hydrogen) atoms. The molecule has 1 aliphatic heterocycles. The molecule has 1 atom stereocenters. The lowest BCUT2D eigenvalue weighted by atomic mass is 9.95. The van der Waals surface area contributed by atoms with E-state index in [1.54, 1.807) is 25.7 Å². The summed E-state index contributed by atoms with van der Waals surface area (Å²) in [6.45, 7) is 4.35. The fraction of sp³-hybridized carbons (Fsp3) is 0.320. The number of nitrogens with zero attached hydrogens (tertiary/aromatic N) is 7. The van der Waals surface area contributed by atoms with Crippen molar-refractivity contribution in [3.05, 3.63) is 54.2 Å². The van der Waals surface area contributed by atoms with E-state index in [1.165, 1.54) is 6.07 Å². The predicted molar refractivity (Wildman–Crippen MR) is 128 cm³/mol. The number of ether oxygens (including phenoxy) is 2. The molecule has 10 heteroatoms. The van der Waals surface area contributed by atoms with Crippen molar-refractivity contribution < 1.29 is 13.9 Å². The minimum Gasteiger partial charge on any atom is -0.380 e. The molecule has 178 valence electrons. The normalized spacial score (nSPS) is 16.0. The third-order valence-corrected chi connectivity index (χ3v) is 6.60. The topological polar surface area (TPSA) is 92.8 Å². The van der Waals surface area contributed by atoms with E-state index in [2.05, 4.69) is 25.5 Å². The highest BCUT2D eigenvalue weighted by atomic mass is 19.1. The second-order valence-electron chi connectivity index (χ2n) is 8.60. The van der Waals surface area contributed by atoms with Crippen LogP contribution in [0.1, 0.15) is 24.9 Å². The highest BCUT2D eigenvalue weighted by molar-refractivity contribution is 5.92. The molecular formula is C25H24FN7O2. The van der Waals surface area contributed by atoms with Gasteiger partial charge in [0.05, 0.1) is 37.3 Å². The molecule has 3 aromatic heterocycles. The van der Waals surface area contributed by atoms with Crippen LogP contribution in [0.5, 0.6) is 0 Å². The van der Waals surface area contributed by atoms with E-state index >= 15 is 4.39 Å². The largest absolute Gasteiger partial charge is 0.380 e. The maximum atomic E-state index is 15.3. The average molecular weight is 474 g/mol. The van der Waals surface area contributed by atoms with Gasteiger partial charge in [0.25, 0.3) is 0 Å². The van der Waals surface area contributed by atoms with E-state index in [1.807, 2.05) is 34.4 Å². The van der Waals surface area contributed by atoms with Gasteiger partial charge in [0.1, 0.15) is 16.9 Å². The van der Waals surface area contributed by atoms with E-state index < -0.39 is 0 Å². The van der Waals surface area contributed by atoms with Crippen LogP contribution >= 0.6 is 0 Å². The van der Waals surface area contributed by atoms with Crippen molar-refractivity contribution >= 4 is 22.2 Å². The van der Waals surface area contributed by atoms with Gasteiger partial charge < -0.3 is 14.0 Å². The third-order valence-electron chi connectivity index (χ3n) is 6.60. The van der Waals surface area contributed by atoms with E-state index in [4.69, 9.17) is 9.47 Å². The number of rotatable bonds is 6. The zero-order valence-corrected chi connectivity index (χ0v) is 19.5. The summed E-state index contributed by atoms with van der Waals surface area (Å²) in [4.78, 5) is 4.53. The summed E-state index contributed by atoms with van der Waals surface area (Å²) in [6, 6.07) is 9.05. The SMILES string of the molecule is CCn1cnc2c(-c3ccc(F)c(-c4ccc5c(nnn5C5CCOC5)c4COC)c3)cnnc21. The number of hydrogen-bond acceptors (Lipinski definition) is 7. The van der Waals surface area contributed by atoms with Crippen molar-refractivity contribution in [2.75, 3.05) is 20.3 Å². The van der Waals surface area contributed by atoms with Gasteiger partial charge in [0.15, 0.2) is 5.65 Å². The molecule has 6 rings (SSSR count). The van der Waals surface area contributed by atoms with Crippen LogP contribution in [0.3, 0.4) is 0 Å². The Bertz CT molecular complexity index is 1540. The Balaban J connectivity index is 1.51. The summed E-state index contributed by atoms with van der Waals surface area (Å²) in [6.07, 6.45) is 4.30. The average Bonchev–Trinajstić information content (AvgIpc) is 3.64. The fourth-order valence-electron chi connectivity index (χ4n) is 4.80. The highest BCUT2D eigenvalue weighted by Crippen LogP contribution is 2.36. The van der Waals surface area contributed by atoms with Crippen molar-refractivity contribution in [3.63, 3.8) is 0 Å². The zero-order chi connectivity index (χ0) is 23.9. The molecule has 1 unspecified atom stereocenters. The molecular weight excluding hydrogens is 449 g/mol. The summed E-state index contributed by atoms with van der Waals surface area (Å²) in [7, 11) is 1.62. The van der Waals surface area contributed by atoms with Crippen LogP contribution in [0.25, 0.3) is 44.5 Å². The number of aromatic nitrogens is 7. The monoisotopic (exact) mass is 473 g/mol. The number of aryl methyl sites for hydroxylation is 1. The van der Waals surface area contributed by atoms with Crippen LogP contribution in [0.4, 0.5) is 4.39 Å². The second kappa shape index (κ2) is 8.79. The summed E-state index contributed by atoms with van der Waals surface area (Å²) < 4.78 is 30.1. The predicted octanol–water partition coefficient (Wildman–Crippen LogP) is 4.17. The van der Waals surface area contributed by atoms with Crippen molar-refractivity contribution in [1.29, 1.82) is 0 Å². The van der Waals surface area contributed by atoms with Crippen LogP contribution in [-0.2, 0) is 22.6 Å². The number of fused-ring (bicyclic) bond motifs is 2. The highest BCUT2D eigenvalue weighted by Gasteiger charge is 2.24. The lowest BCUT2D eigenvalue weighted by Crippen LogP contribution is -2.10. The molecule has 1 saturated heterocycles. The molecule has 4 heterocycles. The maximum Gasteiger partial charge on any atom is 0.183 e. The number of hydrogen-bond donors (Lipinski definition) is 0. The molecule has 1 aliphatic rings. The van der Waals surface area contributed by atoms with E-state index in [-0.39, 0.29) is 18.5 Å². The van der Waals surface area contributed by atoms with E-state index in [0.717, 1.165) is 40.7 Å². The molecule has 2 aromatic carbocycles. The van der Waals surface area contributed by atoms with Crippen molar-refractivity contribution in [2.45, 2.75) is 32.5 Å². The van der Waals surface area contributed by atoms with Gasteiger partial charge in [-0.3, -0.25) is 0 Å². The summed E-state index contributed by atoms with van der Waals surface area (Å²) in [5.41, 5.74) is 6.58. The smallest absolute Gasteiger partial charge is 0.183 e. The Kier molecular flexibility index (Phi) is 5.46. The first-order valence-electron chi connectivity index (χ1n) is 11.6. The lowest BCUT2D eigenvalue weighted by molar-refractivity contribution is 0.185. The van der Waals surface area contributed by atoms with Gasteiger partial charge in [-0.25, -0.2) is 14.1 Å². The van der Waals surface area contributed by atoms with Gasteiger partial charge in [0.2, 0.25) is 0 Å². The van der Waals surface area contributed by atoms with Crippen molar-refractivity contribution in [3.8, 4) is 22.3 Å². The molecule has 0 amide bonds. The van der Waals surface area contributed by atoms with Crippen LogP contribution < -0.4 is 0 Å². The quantitative estimate of drug-likeness (QED) is 0.365. The molecule has 1 fully saturated rings. The zero-order valence-electron chi connectivity index (χ0n) is 19.5. The number of imidazole rings is 1. The third kappa shape index (κ3) is 3.57. The fourth-order valence-corrected chi connectivity index (χ4v) is 4.80. The van der Waals surface area contributed by atoms with Crippen LogP contribution in [0.2, 0.25) is 0 Å². The molecule has 0 saturated carbocycles. The molecule has 5 aromatic rings. The van der Waals surface area contributed by atoms with Gasteiger partial charge >= 0.3 is 0 Å². The Morgan fingerprint density at radius 2 is 2.03 bits per heavy atom. The summed E-state index contributed by atoms with van der Waals surface area (Å²) in [5.74, 6) is -0.334. The summed E-state index contributed by atoms with van der Waals surface area (Å²) in [5, 5.41) is 17.3. The van der Waals surface area contributed by atoms with Crippen LogP contribution in [-0.4, -0.2) is 55.1 Å². The first-order chi connectivity index (χ1) is 17.2. The van der Waals surface area contributed by atoms with E-state index in [9.17, 15) is 0 Å². The van der Waals surface area contributed by atoms with Crippen LogP contribution in [0.15, 0.2) is 42.9 Å². The number of halogens is 1. The summed E-state index contributed by atoms with van der Waals surface area (Å²) >= 11 is 0. The number of methoxy groups -OCH3 is 1. The van der Waals surface area contributed by atoms with Crippen molar-refractivity contribution in [2.24, 2.45) is 0 Å². The maximum absolute atomic E-state index is 15.3. The minimum atomic E-state index is -0.334. The first-order valence-corrected chi connectivity index (χ1v) is 11.6. The van der Waals surface area contributed by atoms with Gasteiger partial charge in [-0.1, -0.05) is 17.3 Å². The number of benzene rings is 2. The molecule has 0 N–H and O–H groups in total. The van der Waals surface area contributed by atoms with Gasteiger partial charge in [0, 0.05) is 37.0 Å². The van der Waals surface area contributed by atoms with Crippen LogP contribution in [0, 0.1) is 5.82 Å². The molecule has 0 bridgehead atoms.